The van der Waals surface area contributed by atoms with E-state index in [4.69, 9.17) is 9.26 Å². The number of amides is 1. The van der Waals surface area contributed by atoms with E-state index in [1.165, 1.54) is 0 Å². The molecule has 2 aromatic heterocycles. The van der Waals surface area contributed by atoms with Gasteiger partial charge in [0.15, 0.2) is 0 Å². The van der Waals surface area contributed by atoms with Crippen LogP contribution in [-0.4, -0.2) is 47.3 Å². The number of anilines is 1. The molecule has 2 aromatic rings. The Bertz CT molecular complexity index is 690. The molecule has 1 aliphatic rings. The number of nitrogens with zero attached hydrogens (tertiary/aromatic N) is 4. The third-order valence-corrected chi connectivity index (χ3v) is 3.99. The van der Waals surface area contributed by atoms with Crippen LogP contribution in [0.5, 0.6) is 0 Å². The number of morpholine rings is 1. The van der Waals surface area contributed by atoms with Gasteiger partial charge in [-0.2, -0.15) is 0 Å². The normalized spacial score (nSPS) is 14.7. The quantitative estimate of drug-likeness (QED) is 0.865. The molecule has 0 atom stereocenters. The summed E-state index contributed by atoms with van der Waals surface area (Å²) in [5, 5.41) is 6.70. The fourth-order valence-electron chi connectivity index (χ4n) is 2.60. The van der Waals surface area contributed by atoms with Crippen LogP contribution in [0, 0.1) is 13.8 Å². The van der Waals surface area contributed by atoms with Crippen molar-refractivity contribution in [2.75, 3.05) is 31.2 Å². The molecule has 0 spiro atoms. The zero-order valence-corrected chi connectivity index (χ0v) is 13.9. The third-order valence-electron chi connectivity index (χ3n) is 3.99. The number of ether oxygens (including phenoxy) is 1. The topological polar surface area (TPSA) is 93.4 Å². The van der Waals surface area contributed by atoms with Crippen molar-refractivity contribution in [2.24, 2.45) is 0 Å². The number of carbonyl (C=O) groups excluding carboxylic acids is 1. The molecule has 8 nitrogen and oxygen atoms in total. The number of nitrogens with one attached hydrogen (secondary N) is 1. The summed E-state index contributed by atoms with van der Waals surface area (Å²) in [5.74, 6) is 2.02. The maximum Gasteiger partial charge on any atom is 0.224 e. The molecule has 8 heteroatoms. The molecule has 0 aromatic carbocycles. The molecule has 128 valence electrons. The van der Waals surface area contributed by atoms with Crippen molar-refractivity contribution in [1.29, 1.82) is 0 Å². The molecule has 1 aliphatic heterocycles. The highest BCUT2D eigenvalue weighted by atomic mass is 16.5. The third kappa shape index (κ3) is 3.88. The van der Waals surface area contributed by atoms with Crippen molar-refractivity contribution in [3.05, 3.63) is 35.1 Å². The van der Waals surface area contributed by atoms with Gasteiger partial charge >= 0.3 is 0 Å². The molecule has 1 amide bonds. The Balaban J connectivity index is 1.57. The van der Waals surface area contributed by atoms with Crippen LogP contribution in [0.2, 0.25) is 0 Å². The molecule has 0 bridgehead atoms. The van der Waals surface area contributed by atoms with E-state index in [1.807, 2.05) is 13.0 Å². The average molecular weight is 331 g/mol. The van der Waals surface area contributed by atoms with Crippen LogP contribution in [0.4, 0.5) is 5.82 Å². The molecule has 3 rings (SSSR count). The fourth-order valence-corrected chi connectivity index (χ4v) is 2.60. The SMILES string of the molecule is Cc1noc(C)c1CC(=O)NCc1nccc(N2CCOCC2)n1. The standard InChI is InChI=1S/C16H21N5O3/c1-11-13(12(2)24-20-11)9-16(22)18-10-14-17-4-3-15(19-14)21-5-7-23-8-6-21/h3-4H,5-10H2,1-2H3,(H,18,22). The van der Waals surface area contributed by atoms with Crippen LogP contribution in [0.3, 0.4) is 0 Å². The van der Waals surface area contributed by atoms with E-state index < -0.39 is 0 Å². The molecule has 1 N–H and O–H groups in total. The summed E-state index contributed by atoms with van der Waals surface area (Å²) in [6, 6.07) is 1.88. The van der Waals surface area contributed by atoms with Gasteiger partial charge in [0.1, 0.15) is 17.4 Å². The summed E-state index contributed by atoms with van der Waals surface area (Å²) >= 11 is 0. The second-order valence-electron chi connectivity index (χ2n) is 5.69. The highest BCUT2D eigenvalue weighted by Gasteiger charge is 2.15. The van der Waals surface area contributed by atoms with Crippen molar-refractivity contribution in [3.63, 3.8) is 0 Å². The lowest BCUT2D eigenvalue weighted by atomic mass is 10.1. The van der Waals surface area contributed by atoms with Crippen LogP contribution < -0.4 is 10.2 Å². The van der Waals surface area contributed by atoms with Gasteiger partial charge in [-0.1, -0.05) is 5.16 Å². The second kappa shape index (κ2) is 7.39. The molecule has 0 radical (unpaired) electrons. The minimum Gasteiger partial charge on any atom is -0.378 e. The van der Waals surface area contributed by atoms with E-state index in [1.54, 1.807) is 13.1 Å². The maximum absolute atomic E-state index is 12.1. The lowest BCUT2D eigenvalue weighted by Gasteiger charge is -2.27. The summed E-state index contributed by atoms with van der Waals surface area (Å²) < 4.78 is 10.4. The number of hydrogen-bond donors (Lipinski definition) is 1. The summed E-state index contributed by atoms with van der Waals surface area (Å²) in [6.45, 7) is 6.96. The Hall–Kier alpha value is -2.48. The fraction of sp³-hybridized carbons (Fsp3) is 0.500. The van der Waals surface area contributed by atoms with Crippen molar-refractivity contribution in [1.82, 2.24) is 20.4 Å². The van der Waals surface area contributed by atoms with E-state index in [0.29, 0.717) is 31.3 Å². The maximum atomic E-state index is 12.1. The molecule has 24 heavy (non-hydrogen) atoms. The smallest absolute Gasteiger partial charge is 0.224 e. The number of hydrogen-bond acceptors (Lipinski definition) is 7. The highest BCUT2D eigenvalue weighted by molar-refractivity contribution is 5.78. The van der Waals surface area contributed by atoms with Crippen molar-refractivity contribution in [3.8, 4) is 0 Å². The summed E-state index contributed by atoms with van der Waals surface area (Å²) in [4.78, 5) is 23.0. The van der Waals surface area contributed by atoms with E-state index in [9.17, 15) is 4.79 Å². The lowest BCUT2D eigenvalue weighted by Crippen LogP contribution is -2.37. The Morgan fingerprint density at radius 1 is 1.33 bits per heavy atom. The molecule has 0 saturated carbocycles. The molecular weight excluding hydrogens is 310 g/mol. The van der Waals surface area contributed by atoms with Crippen LogP contribution in [0.25, 0.3) is 0 Å². The van der Waals surface area contributed by atoms with E-state index in [2.05, 4.69) is 25.3 Å². The zero-order valence-electron chi connectivity index (χ0n) is 13.9. The Labute approximate surface area is 140 Å². The van der Waals surface area contributed by atoms with Gasteiger partial charge in [-0.25, -0.2) is 9.97 Å². The number of aromatic nitrogens is 3. The van der Waals surface area contributed by atoms with E-state index in [0.717, 1.165) is 30.2 Å². The molecule has 3 heterocycles. The minimum atomic E-state index is -0.107. The van der Waals surface area contributed by atoms with Gasteiger partial charge in [-0.3, -0.25) is 4.79 Å². The number of carbonyl (C=O) groups is 1. The lowest BCUT2D eigenvalue weighted by molar-refractivity contribution is -0.120. The molecular formula is C16H21N5O3. The average Bonchev–Trinajstić information content (AvgIpc) is 2.93. The Morgan fingerprint density at radius 2 is 2.12 bits per heavy atom. The van der Waals surface area contributed by atoms with Gasteiger partial charge in [-0.05, 0) is 19.9 Å². The summed E-state index contributed by atoms with van der Waals surface area (Å²) in [5.41, 5.74) is 1.57. The first-order valence-electron chi connectivity index (χ1n) is 7.96. The van der Waals surface area contributed by atoms with Crippen LogP contribution >= 0.6 is 0 Å². The van der Waals surface area contributed by atoms with Gasteiger partial charge in [0, 0.05) is 24.8 Å². The van der Waals surface area contributed by atoms with E-state index >= 15 is 0 Å². The van der Waals surface area contributed by atoms with Crippen molar-refractivity contribution >= 4 is 11.7 Å². The van der Waals surface area contributed by atoms with Gasteiger partial charge in [0.25, 0.3) is 0 Å². The van der Waals surface area contributed by atoms with Gasteiger partial charge < -0.3 is 19.5 Å². The highest BCUT2D eigenvalue weighted by Crippen LogP contribution is 2.13. The number of aryl methyl sites for hydroxylation is 2. The Morgan fingerprint density at radius 3 is 2.83 bits per heavy atom. The monoisotopic (exact) mass is 331 g/mol. The van der Waals surface area contributed by atoms with Crippen molar-refractivity contribution in [2.45, 2.75) is 26.8 Å². The van der Waals surface area contributed by atoms with Gasteiger partial charge in [0.2, 0.25) is 5.91 Å². The van der Waals surface area contributed by atoms with Gasteiger partial charge in [0.05, 0.1) is 31.9 Å². The first-order valence-corrected chi connectivity index (χ1v) is 7.96. The predicted octanol–water partition coefficient (Wildman–Crippen LogP) is 0.777. The minimum absolute atomic E-state index is 0.107. The molecule has 0 aliphatic carbocycles. The molecule has 0 unspecified atom stereocenters. The van der Waals surface area contributed by atoms with E-state index in [-0.39, 0.29) is 12.3 Å². The first kappa shape index (κ1) is 16.4. The van der Waals surface area contributed by atoms with Crippen LogP contribution in [0.15, 0.2) is 16.8 Å². The summed E-state index contributed by atoms with van der Waals surface area (Å²) in [7, 11) is 0. The largest absolute Gasteiger partial charge is 0.378 e. The zero-order chi connectivity index (χ0) is 16.9. The second-order valence-corrected chi connectivity index (χ2v) is 5.69. The molecule has 1 saturated heterocycles. The van der Waals surface area contributed by atoms with Crippen LogP contribution in [-0.2, 0) is 22.5 Å². The summed E-state index contributed by atoms with van der Waals surface area (Å²) in [6.07, 6.45) is 1.96. The van der Waals surface area contributed by atoms with Crippen LogP contribution in [0.1, 0.15) is 22.8 Å². The van der Waals surface area contributed by atoms with Crippen molar-refractivity contribution < 1.29 is 14.1 Å². The predicted molar refractivity (Wildman–Crippen MR) is 86.6 cm³/mol. The molecule has 1 fully saturated rings. The van der Waals surface area contributed by atoms with Gasteiger partial charge in [-0.15, -0.1) is 0 Å². The number of rotatable bonds is 5. The Kier molecular flexibility index (Phi) is 5.05. The first-order chi connectivity index (χ1) is 11.6.